The lowest BCUT2D eigenvalue weighted by molar-refractivity contribution is -0.384. The molecule has 1 aromatic heterocycles. The summed E-state index contributed by atoms with van der Waals surface area (Å²) in [6.07, 6.45) is 1.32. The van der Waals surface area contributed by atoms with Crippen LogP contribution in [0.2, 0.25) is 0 Å². The van der Waals surface area contributed by atoms with Crippen LogP contribution in [0.4, 0.5) is 11.5 Å². The number of pyridine rings is 1. The molecule has 0 aliphatic heterocycles. The van der Waals surface area contributed by atoms with Crippen LogP contribution in [0, 0.1) is 21.4 Å². The van der Waals surface area contributed by atoms with E-state index < -0.39 is 15.7 Å². The van der Waals surface area contributed by atoms with Crippen LogP contribution in [0.15, 0.2) is 12.3 Å². The molecule has 18 heavy (non-hydrogen) atoms. The van der Waals surface area contributed by atoms with Gasteiger partial charge in [-0.25, -0.2) is 4.98 Å². The van der Waals surface area contributed by atoms with Gasteiger partial charge in [0.15, 0.2) is 0 Å². The Bertz CT molecular complexity index is 512. The van der Waals surface area contributed by atoms with Crippen molar-refractivity contribution in [3.8, 4) is 6.07 Å². The van der Waals surface area contributed by atoms with Crippen molar-refractivity contribution < 1.29 is 9.13 Å². The molecule has 0 radical (unpaired) electrons. The molecule has 1 rings (SSSR count). The molecule has 0 spiro atoms. The molecular weight excluding hydrogens is 256 g/mol. The van der Waals surface area contributed by atoms with E-state index in [1.54, 1.807) is 13.0 Å². The van der Waals surface area contributed by atoms with Gasteiger partial charge < -0.3 is 5.32 Å². The molecule has 96 valence electrons. The highest BCUT2D eigenvalue weighted by molar-refractivity contribution is 7.84. The summed E-state index contributed by atoms with van der Waals surface area (Å²) >= 11 is 0. The first-order valence-corrected chi connectivity index (χ1v) is 6.71. The highest BCUT2D eigenvalue weighted by Gasteiger charge is 2.20. The molecule has 0 aromatic carbocycles. The lowest BCUT2D eigenvalue weighted by Crippen LogP contribution is -2.14. The average molecular weight is 268 g/mol. The summed E-state index contributed by atoms with van der Waals surface area (Å²) in [5.41, 5.74) is -0.392. The molecule has 1 unspecified atom stereocenters. The van der Waals surface area contributed by atoms with Gasteiger partial charge in [-0.15, -0.1) is 0 Å². The van der Waals surface area contributed by atoms with E-state index in [9.17, 15) is 14.3 Å². The van der Waals surface area contributed by atoms with Gasteiger partial charge in [0.25, 0.3) is 0 Å². The topological polar surface area (TPSA) is 109 Å². The molecule has 1 N–H and O–H groups in total. The lowest BCUT2D eigenvalue weighted by atomic mass is 10.2. The van der Waals surface area contributed by atoms with Gasteiger partial charge in [0.1, 0.15) is 11.6 Å². The van der Waals surface area contributed by atoms with Crippen LogP contribution in [0.5, 0.6) is 0 Å². The summed E-state index contributed by atoms with van der Waals surface area (Å²) in [5.74, 6) is 0.953. The van der Waals surface area contributed by atoms with Gasteiger partial charge in [0.2, 0.25) is 5.82 Å². The predicted molar refractivity (Wildman–Crippen MR) is 67.6 cm³/mol. The van der Waals surface area contributed by atoms with E-state index in [1.807, 2.05) is 0 Å². The van der Waals surface area contributed by atoms with Gasteiger partial charge in [0, 0.05) is 35.0 Å². The zero-order valence-corrected chi connectivity index (χ0v) is 10.6. The van der Waals surface area contributed by atoms with Crippen LogP contribution in [0.3, 0.4) is 0 Å². The zero-order valence-electron chi connectivity index (χ0n) is 9.75. The highest BCUT2D eigenvalue weighted by atomic mass is 32.2. The minimum Gasteiger partial charge on any atom is -0.363 e. The van der Waals surface area contributed by atoms with Crippen molar-refractivity contribution in [3.05, 3.63) is 27.9 Å². The van der Waals surface area contributed by atoms with Crippen molar-refractivity contribution >= 4 is 22.3 Å². The first-order chi connectivity index (χ1) is 8.60. The van der Waals surface area contributed by atoms with Crippen LogP contribution in [0.1, 0.15) is 12.5 Å². The largest absolute Gasteiger partial charge is 0.363 e. The molecule has 1 atom stereocenters. The Balaban J connectivity index is 2.86. The Morgan fingerprint density at radius 3 is 2.94 bits per heavy atom. The van der Waals surface area contributed by atoms with Crippen molar-refractivity contribution in [2.45, 2.75) is 6.92 Å². The van der Waals surface area contributed by atoms with E-state index in [1.165, 1.54) is 12.3 Å². The van der Waals surface area contributed by atoms with Gasteiger partial charge in [-0.05, 0) is 6.07 Å². The lowest BCUT2D eigenvalue weighted by Gasteiger charge is -2.05. The predicted octanol–water partition coefficient (Wildman–Crippen LogP) is 1.04. The Labute approximate surface area is 106 Å². The van der Waals surface area contributed by atoms with E-state index in [-0.39, 0.29) is 17.1 Å². The highest BCUT2D eigenvalue weighted by Crippen LogP contribution is 2.25. The van der Waals surface area contributed by atoms with Crippen molar-refractivity contribution in [2.75, 3.05) is 23.4 Å². The van der Waals surface area contributed by atoms with Crippen LogP contribution >= 0.6 is 0 Å². The Kier molecular flexibility index (Phi) is 5.20. The molecule has 0 bridgehead atoms. The molecule has 0 aliphatic carbocycles. The quantitative estimate of drug-likeness (QED) is 0.610. The van der Waals surface area contributed by atoms with E-state index in [0.29, 0.717) is 18.1 Å². The van der Waals surface area contributed by atoms with Crippen LogP contribution in [0.25, 0.3) is 0 Å². The van der Waals surface area contributed by atoms with Crippen LogP contribution in [-0.4, -0.2) is 32.2 Å². The number of hydrogen-bond acceptors (Lipinski definition) is 6. The van der Waals surface area contributed by atoms with Crippen LogP contribution < -0.4 is 5.32 Å². The number of anilines is 1. The number of rotatable bonds is 6. The van der Waals surface area contributed by atoms with Crippen molar-refractivity contribution in [1.82, 2.24) is 4.98 Å². The standard InChI is InChI=1S/C10H12N4O3S/c1-2-18(17)6-5-13-10-9(14(15)16)8(7-11)3-4-12-10/h3-4H,2,5-6H2,1H3,(H,12,13). The molecular formula is C10H12N4O3S. The number of aromatic nitrogens is 1. The van der Waals surface area contributed by atoms with Gasteiger partial charge in [-0.3, -0.25) is 14.3 Å². The number of nitrogens with one attached hydrogen (secondary N) is 1. The summed E-state index contributed by atoms with van der Waals surface area (Å²) in [5, 5.41) is 22.4. The van der Waals surface area contributed by atoms with Gasteiger partial charge in [-0.2, -0.15) is 5.26 Å². The second kappa shape index (κ2) is 6.66. The number of nitrogens with zero attached hydrogens (tertiary/aromatic N) is 3. The van der Waals surface area contributed by atoms with Crippen LogP contribution in [-0.2, 0) is 10.8 Å². The minimum absolute atomic E-state index is 0.0344. The Morgan fingerprint density at radius 1 is 1.67 bits per heavy atom. The maximum absolute atomic E-state index is 11.2. The summed E-state index contributed by atoms with van der Waals surface area (Å²) in [6.45, 7) is 2.11. The Morgan fingerprint density at radius 2 is 2.39 bits per heavy atom. The third-order valence-electron chi connectivity index (χ3n) is 2.17. The molecule has 1 aromatic rings. The third-order valence-corrected chi connectivity index (χ3v) is 3.47. The maximum atomic E-state index is 11.2. The second-order valence-electron chi connectivity index (χ2n) is 3.28. The number of nitro groups is 1. The minimum atomic E-state index is -0.950. The SMILES string of the molecule is CCS(=O)CCNc1nccc(C#N)c1[N+](=O)[O-]. The number of hydrogen-bond donors (Lipinski definition) is 1. The molecule has 0 saturated heterocycles. The first-order valence-electron chi connectivity index (χ1n) is 5.22. The van der Waals surface area contributed by atoms with Crippen molar-refractivity contribution in [1.29, 1.82) is 5.26 Å². The zero-order chi connectivity index (χ0) is 13.5. The first kappa shape index (κ1) is 14.1. The van der Waals surface area contributed by atoms with Gasteiger partial charge >= 0.3 is 5.69 Å². The molecule has 1 heterocycles. The molecule has 8 heteroatoms. The maximum Gasteiger partial charge on any atom is 0.328 e. The fourth-order valence-corrected chi connectivity index (χ4v) is 1.90. The van der Waals surface area contributed by atoms with Gasteiger partial charge in [-0.1, -0.05) is 6.92 Å². The Hall–Kier alpha value is -2.01. The van der Waals surface area contributed by atoms with E-state index in [2.05, 4.69) is 10.3 Å². The normalized spacial score (nSPS) is 11.6. The summed E-state index contributed by atoms with van der Waals surface area (Å²) < 4.78 is 11.2. The number of nitriles is 1. The molecule has 7 nitrogen and oxygen atoms in total. The smallest absolute Gasteiger partial charge is 0.328 e. The monoisotopic (exact) mass is 268 g/mol. The van der Waals surface area contributed by atoms with Gasteiger partial charge in [0.05, 0.1) is 4.92 Å². The fraction of sp³-hybridized carbons (Fsp3) is 0.400. The average Bonchev–Trinajstić information content (AvgIpc) is 2.37. The fourth-order valence-electron chi connectivity index (χ4n) is 1.29. The van der Waals surface area contributed by atoms with E-state index in [4.69, 9.17) is 5.26 Å². The molecule has 0 fully saturated rings. The van der Waals surface area contributed by atoms with E-state index in [0.717, 1.165) is 0 Å². The molecule has 0 saturated carbocycles. The summed E-state index contributed by atoms with van der Waals surface area (Å²) in [7, 11) is -0.950. The summed E-state index contributed by atoms with van der Waals surface area (Å²) in [4.78, 5) is 14.0. The molecule has 0 aliphatic rings. The van der Waals surface area contributed by atoms with Crippen molar-refractivity contribution in [2.24, 2.45) is 0 Å². The van der Waals surface area contributed by atoms with E-state index >= 15 is 0 Å². The molecule has 0 amide bonds. The second-order valence-corrected chi connectivity index (χ2v) is 5.15. The third kappa shape index (κ3) is 3.49. The summed E-state index contributed by atoms with van der Waals surface area (Å²) in [6, 6.07) is 3.03. The van der Waals surface area contributed by atoms with Crippen molar-refractivity contribution in [3.63, 3.8) is 0 Å².